The Morgan fingerprint density at radius 2 is 1.88 bits per heavy atom. The van der Waals surface area contributed by atoms with Crippen molar-refractivity contribution in [2.75, 3.05) is 20.8 Å². The van der Waals surface area contributed by atoms with Gasteiger partial charge in [-0.05, 0) is 11.6 Å². The standard InChI is InChI=1S/C16H20O5.CO2/c1-10(16(18)20-3)15-11(8-14(17)19-2)9-21-13-7-5-4-6-12(13)15;2-1-3/h4-7,10-11,15H,8-9H2,1-3H3;. The predicted molar refractivity (Wildman–Crippen MR) is 81.0 cm³/mol. The number of benzene rings is 1. The summed E-state index contributed by atoms with van der Waals surface area (Å²) in [6.45, 7) is 2.21. The third-order valence-electron chi connectivity index (χ3n) is 4.01. The highest BCUT2D eigenvalue weighted by molar-refractivity contribution is 5.74. The molecule has 24 heavy (non-hydrogen) atoms. The van der Waals surface area contributed by atoms with Gasteiger partial charge in [0.2, 0.25) is 0 Å². The molecular weight excluding hydrogens is 316 g/mol. The van der Waals surface area contributed by atoms with Crippen LogP contribution >= 0.6 is 0 Å². The van der Waals surface area contributed by atoms with Gasteiger partial charge in [-0.1, -0.05) is 25.1 Å². The molecular formula is C17H20O7. The number of methoxy groups -OCH3 is 2. The molecule has 0 aliphatic carbocycles. The third-order valence-corrected chi connectivity index (χ3v) is 4.01. The Kier molecular flexibility index (Phi) is 7.65. The molecule has 1 aromatic rings. The number of fused-ring (bicyclic) bond motifs is 1. The lowest BCUT2D eigenvalue weighted by atomic mass is 9.75. The summed E-state index contributed by atoms with van der Waals surface area (Å²) in [5, 5.41) is 0. The van der Waals surface area contributed by atoms with E-state index in [0.29, 0.717) is 6.61 Å². The van der Waals surface area contributed by atoms with Crippen LogP contribution in [-0.4, -0.2) is 38.9 Å². The molecule has 0 radical (unpaired) electrons. The maximum atomic E-state index is 11.9. The highest BCUT2D eigenvalue weighted by Crippen LogP contribution is 2.43. The van der Waals surface area contributed by atoms with E-state index < -0.39 is 0 Å². The van der Waals surface area contributed by atoms with Crippen molar-refractivity contribution in [2.24, 2.45) is 11.8 Å². The van der Waals surface area contributed by atoms with E-state index in [1.807, 2.05) is 31.2 Å². The van der Waals surface area contributed by atoms with E-state index in [2.05, 4.69) is 0 Å². The Bertz CT molecular complexity index is 605. The number of ether oxygens (including phenoxy) is 3. The van der Waals surface area contributed by atoms with Crippen LogP contribution in [0.4, 0.5) is 0 Å². The van der Waals surface area contributed by atoms with Gasteiger partial charge in [0.25, 0.3) is 0 Å². The summed E-state index contributed by atoms with van der Waals surface area (Å²) < 4.78 is 15.3. The quantitative estimate of drug-likeness (QED) is 0.770. The van der Waals surface area contributed by atoms with E-state index in [1.165, 1.54) is 14.2 Å². The topological polar surface area (TPSA) is 96.0 Å². The second-order valence-electron chi connectivity index (χ2n) is 5.31. The lowest BCUT2D eigenvalue weighted by Crippen LogP contribution is -2.35. The van der Waals surface area contributed by atoms with Gasteiger partial charge < -0.3 is 14.2 Å². The molecule has 2 rings (SSSR count). The van der Waals surface area contributed by atoms with Crippen molar-refractivity contribution in [3.05, 3.63) is 29.8 Å². The van der Waals surface area contributed by atoms with Crippen molar-refractivity contribution in [3.8, 4) is 5.75 Å². The van der Waals surface area contributed by atoms with E-state index in [1.54, 1.807) is 0 Å². The summed E-state index contributed by atoms with van der Waals surface area (Å²) >= 11 is 0. The molecule has 0 N–H and O–H groups in total. The van der Waals surface area contributed by atoms with Crippen molar-refractivity contribution in [3.63, 3.8) is 0 Å². The zero-order valence-corrected chi connectivity index (χ0v) is 13.8. The lowest BCUT2D eigenvalue weighted by molar-refractivity contribution is -0.191. The van der Waals surface area contributed by atoms with Crippen LogP contribution < -0.4 is 4.74 Å². The molecule has 1 aliphatic heterocycles. The number of esters is 2. The molecule has 3 unspecified atom stereocenters. The highest BCUT2D eigenvalue weighted by atomic mass is 16.5. The first-order valence-corrected chi connectivity index (χ1v) is 7.35. The Balaban J connectivity index is 0.000000891. The number of rotatable bonds is 4. The van der Waals surface area contributed by atoms with Gasteiger partial charge in [-0.25, -0.2) is 0 Å². The number of hydrogen-bond acceptors (Lipinski definition) is 7. The monoisotopic (exact) mass is 336 g/mol. The Hall–Kier alpha value is -2.66. The molecule has 1 aliphatic rings. The van der Waals surface area contributed by atoms with Gasteiger partial charge >= 0.3 is 18.1 Å². The minimum Gasteiger partial charge on any atom is -0.493 e. The second-order valence-corrected chi connectivity index (χ2v) is 5.31. The number of carbonyl (C=O) groups is 2. The molecule has 7 nitrogen and oxygen atoms in total. The maximum absolute atomic E-state index is 11.9. The molecule has 1 aromatic carbocycles. The lowest BCUT2D eigenvalue weighted by Gasteiger charge is -2.35. The molecule has 1 heterocycles. The second kappa shape index (κ2) is 9.47. The summed E-state index contributed by atoms with van der Waals surface area (Å²) in [6.07, 6.45) is 0.469. The van der Waals surface area contributed by atoms with Crippen molar-refractivity contribution in [1.82, 2.24) is 0 Å². The zero-order chi connectivity index (χ0) is 18.1. The summed E-state index contributed by atoms with van der Waals surface area (Å²) in [6, 6.07) is 7.60. The summed E-state index contributed by atoms with van der Waals surface area (Å²) in [5.41, 5.74) is 0.940. The van der Waals surface area contributed by atoms with Gasteiger partial charge in [-0.15, -0.1) is 0 Å². The first-order chi connectivity index (χ1) is 11.5. The van der Waals surface area contributed by atoms with Crippen LogP contribution in [0.5, 0.6) is 5.75 Å². The molecule has 130 valence electrons. The third kappa shape index (κ3) is 4.67. The van der Waals surface area contributed by atoms with Crippen molar-refractivity contribution in [1.29, 1.82) is 0 Å². The number of para-hydroxylation sites is 1. The van der Waals surface area contributed by atoms with Crippen LogP contribution in [0, 0.1) is 11.8 Å². The normalized spacial score (nSPS) is 19.3. The van der Waals surface area contributed by atoms with Gasteiger partial charge in [0.05, 0.1) is 33.2 Å². The molecule has 0 spiro atoms. The number of hydrogen-bond donors (Lipinski definition) is 0. The van der Waals surface area contributed by atoms with Crippen LogP contribution in [0.3, 0.4) is 0 Å². The molecule has 7 heteroatoms. The fourth-order valence-corrected chi connectivity index (χ4v) is 2.94. The maximum Gasteiger partial charge on any atom is 0.373 e. The SMILES string of the molecule is COC(=O)CC1COc2ccccc2C1C(C)C(=O)OC.O=C=O. The van der Waals surface area contributed by atoms with Gasteiger partial charge in [0.1, 0.15) is 5.75 Å². The van der Waals surface area contributed by atoms with Gasteiger partial charge in [0, 0.05) is 11.8 Å². The summed E-state index contributed by atoms with van der Waals surface area (Å²) in [5.74, 6) is -0.409. The van der Waals surface area contributed by atoms with Gasteiger partial charge in [-0.2, -0.15) is 9.59 Å². The smallest absolute Gasteiger partial charge is 0.373 e. The fourth-order valence-electron chi connectivity index (χ4n) is 2.94. The van der Waals surface area contributed by atoms with E-state index in [9.17, 15) is 9.59 Å². The van der Waals surface area contributed by atoms with Crippen molar-refractivity contribution in [2.45, 2.75) is 19.3 Å². The molecule has 0 aromatic heterocycles. The van der Waals surface area contributed by atoms with Crippen LogP contribution in [0.25, 0.3) is 0 Å². The highest BCUT2D eigenvalue weighted by Gasteiger charge is 2.39. The van der Waals surface area contributed by atoms with E-state index >= 15 is 0 Å². The van der Waals surface area contributed by atoms with Crippen LogP contribution in [0.1, 0.15) is 24.8 Å². The first kappa shape index (κ1) is 19.4. The largest absolute Gasteiger partial charge is 0.493 e. The van der Waals surface area contributed by atoms with Crippen LogP contribution in [0.2, 0.25) is 0 Å². The zero-order valence-electron chi connectivity index (χ0n) is 13.8. The minimum absolute atomic E-state index is 0.110. The van der Waals surface area contributed by atoms with E-state index in [-0.39, 0.29) is 42.3 Å². The molecule has 0 saturated carbocycles. The van der Waals surface area contributed by atoms with Crippen molar-refractivity contribution >= 4 is 18.1 Å². The molecule has 0 saturated heterocycles. The van der Waals surface area contributed by atoms with Gasteiger partial charge in [0.15, 0.2) is 0 Å². The Morgan fingerprint density at radius 3 is 2.46 bits per heavy atom. The Labute approximate surface area is 139 Å². The summed E-state index contributed by atoms with van der Waals surface area (Å²) in [7, 11) is 2.73. The molecule has 0 amide bonds. The average Bonchev–Trinajstić information content (AvgIpc) is 2.60. The fraction of sp³-hybridized carbons (Fsp3) is 0.471. The Morgan fingerprint density at radius 1 is 1.25 bits per heavy atom. The molecule has 0 fully saturated rings. The first-order valence-electron chi connectivity index (χ1n) is 7.35. The van der Waals surface area contributed by atoms with Crippen molar-refractivity contribution < 1.29 is 33.4 Å². The average molecular weight is 336 g/mol. The van der Waals surface area contributed by atoms with Gasteiger partial charge in [-0.3, -0.25) is 9.59 Å². The van der Waals surface area contributed by atoms with Crippen LogP contribution in [-0.2, 0) is 28.7 Å². The predicted octanol–water partition coefficient (Wildman–Crippen LogP) is 1.57. The number of carbonyl (C=O) groups excluding carboxylic acids is 4. The summed E-state index contributed by atoms with van der Waals surface area (Å²) in [4.78, 5) is 39.8. The van der Waals surface area contributed by atoms with E-state index in [0.717, 1.165) is 11.3 Å². The molecule has 0 bridgehead atoms. The minimum atomic E-state index is -0.352. The van der Waals surface area contributed by atoms with E-state index in [4.69, 9.17) is 23.8 Å². The van der Waals surface area contributed by atoms with Crippen LogP contribution in [0.15, 0.2) is 24.3 Å². The molecule has 3 atom stereocenters.